The van der Waals surface area contributed by atoms with Crippen molar-refractivity contribution in [1.29, 1.82) is 0 Å². The summed E-state index contributed by atoms with van der Waals surface area (Å²) < 4.78 is 50.9. The highest BCUT2D eigenvalue weighted by atomic mass is 35.5. The van der Waals surface area contributed by atoms with E-state index < -0.39 is 42.6 Å². The van der Waals surface area contributed by atoms with E-state index in [4.69, 9.17) is 21.1 Å². The molecule has 33 heavy (non-hydrogen) atoms. The molecule has 12 heteroatoms. The highest BCUT2D eigenvalue weighted by molar-refractivity contribution is 6.30. The van der Waals surface area contributed by atoms with E-state index in [0.717, 1.165) is 0 Å². The number of ether oxygens (including phenoxy) is 3. The van der Waals surface area contributed by atoms with Gasteiger partial charge in [-0.25, -0.2) is 0 Å². The molecule has 0 aromatic heterocycles. The predicted molar refractivity (Wildman–Crippen MR) is 110 cm³/mol. The van der Waals surface area contributed by atoms with Crippen molar-refractivity contribution in [3.63, 3.8) is 0 Å². The SMILES string of the molecule is C=C(CCNC(=O)CO[C@H]1C[C@@H](OC(F)(F)F)C1)NC(=O)[C@@H]1C[C@@H](O)c2cc(Cl)ccc2O1. The van der Waals surface area contributed by atoms with E-state index in [9.17, 15) is 27.9 Å². The summed E-state index contributed by atoms with van der Waals surface area (Å²) in [4.78, 5) is 24.2. The molecule has 0 spiro atoms. The van der Waals surface area contributed by atoms with Crippen LogP contribution in [0, 0.1) is 0 Å². The number of carbonyl (C=O) groups excluding carboxylic acids is 2. The molecule has 0 unspecified atom stereocenters. The molecule has 1 aliphatic carbocycles. The average molecular weight is 493 g/mol. The van der Waals surface area contributed by atoms with E-state index >= 15 is 0 Å². The molecule has 1 fully saturated rings. The summed E-state index contributed by atoms with van der Waals surface area (Å²) in [6, 6.07) is 4.76. The fourth-order valence-corrected chi connectivity index (χ4v) is 3.61. The van der Waals surface area contributed by atoms with Crippen LogP contribution in [0.3, 0.4) is 0 Å². The lowest BCUT2D eigenvalue weighted by atomic mass is 9.92. The van der Waals surface area contributed by atoms with Crippen molar-refractivity contribution in [2.45, 2.75) is 56.5 Å². The summed E-state index contributed by atoms with van der Waals surface area (Å²) in [6.45, 7) is 3.62. The molecule has 2 aliphatic rings. The molecule has 2 amide bonds. The summed E-state index contributed by atoms with van der Waals surface area (Å²) in [5, 5.41) is 15.9. The van der Waals surface area contributed by atoms with Crippen molar-refractivity contribution in [2.24, 2.45) is 0 Å². The van der Waals surface area contributed by atoms with Crippen molar-refractivity contribution in [3.8, 4) is 5.75 Å². The Morgan fingerprint density at radius 3 is 2.67 bits per heavy atom. The molecule has 0 saturated heterocycles. The van der Waals surface area contributed by atoms with Gasteiger partial charge in [0.25, 0.3) is 5.91 Å². The minimum atomic E-state index is -4.67. The van der Waals surface area contributed by atoms with Gasteiger partial charge in [0.1, 0.15) is 12.4 Å². The molecule has 0 bridgehead atoms. The summed E-state index contributed by atoms with van der Waals surface area (Å²) in [6.07, 6.45) is -7.44. The minimum Gasteiger partial charge on any atom is -0.480 e. The Labute approximate surface area is 193 Å². The number of halogens is 4. The summed E-state index contributed by atoms with van der Waals surface area (Å²) in [5.74, 6) is -0.544. The van der Waals surface area contributed by atoms with Crippen molar-refractivity contribution >= 4 is 23.4 Å². The molecule has 0 radical (unpaired) electrons. The Morgan fingerprint density at radius 1 is 1.24 bits per heavy atom. The Kier molecular flexibility index (Phi) is 8.22. The number of benzene rings is 1. The van der Waals surface area contributed by atoms with E-state index in [1.165, 1.54) is 0 Å². The molecule has 1 heterocycles. The summed E-state index contributed by atoms with van der Waals surface area (Å²) in [5.41, 5.74) is 0.855. The van der Waals surface area contributed by atoms with Crippen LogP contribution in [-0.2, 0) is 19.1 Å². The van der Waals surface area contributed by atoms with Crippen molar-refractivity contribution in [1.82, 2.24) is 10.6 Å². The van der Waals surface area contributed by atoms with Crippen LogP contribution in [0.4, 0.5) is 13.2 Å². The van der Waals surface area contributed by atoms with Gasteiger partial charge >= 0.3 is 6.36 Å². The molecule has 182 valence electrons. The lowest BCUT2D eigenvalue weighted by molar-refractivity contribution is -0.357. The van der Waals surface area contributed by atoms with E-state index in [2.05, 4.69) is 21.9 Å². The number of hydrogen-bond acceptors (Lipinski definition) is 6. The van der Waals surface area contributed by atoms with Crippen LogP contribution in [0.5, 0.6) is 5.75 Å². The molecule has 3 N–H and O–H groups in total. The van der Waals surface area contributed by atoms with Crippen LogP contribution >= 0.6 is 11.6 Å². The Bertz CT molecular complexity index is 891. The van der Waals surface area contributed by atoms with Crippen LogP contribution < -0.4 is 15.4 Å². The molecular formula is C21H24ClF3N2O6. The molecule has 1 aromatic carbocycles. The summed E-state index contributed by atoms with van der Waals surface area (Å²) in [7, 11) is 0. The van der Waals surface area contributed by atoms with Crippen LogP contribution in [0.15, 0.2) is 30.5 Å². The molecule has 1 aliphatic heterocycles. The first-order valence-electron chi connectivity index (χ1n) is 10.3. The standard InChI is InChI=1S/C21H24ClF3N2O6/c1-11(4-5-26-19(29)10-31-13-7-14(8-13)33-21(23,24)25)27-20(30)18-9-16(28)15-6-12(22)2-3-17(15)32-18/h2-3,6,13-14,16,18,28H,1,4-5,7-10H2,(H,26,29)(H,27,30)/t13-,14+,16-,18+/m1/s1. The van der Waals surface area contributed by atoms with Gasteiger partial charge in [-0.1, -0.05) is 18.2 Å². The molecule has 8 nitrogen and oxygen atoms in total. The van der Waals surface area contributed by atoms with Gasteiger partial charge in [0.15, 0.2) is 6.10 Å². The summed E-state index contributed by atoms with van der Waals surface area (Å²) >= 11 is 5.91. The van der Waals surface area contributed by atoms with Gasteiger partial charge in [0, 0.05) is 48.5 Å². The number of hydrogen-bond donors (Lipinski definition) is 3. The Morgan fingerprint density at radius 2 is 1.97 bits per heavy atom. The smallest absolute Gasteiger partial charge is 0.480 e. The minimum absolute atomic E-state index is 0.0521. The average Bonchev–Trinajstić information content (AvgIpc) is 2.69. The topological polar surface area (TPSA) is 106 Å². The second-order valence-corrected chi connectivity index (χ2v) is 8.26. The number of amides is 2. The zero-order chi connectivity index (χ0) is 24.2. The normalized spacial score (nSPS) is 24.2. The third-order valence-electron chi connectivity index (χ3n) is 5.18. The van der Waals surface area contributed by atoms with Gasteiger partial charge in [-0.3, -0.25) is 14.3 Å². The zero-order valence-electron chi connectivity index (χ0n) is 17.5. The van der Waals surface area contributed by atoms with E-state index in [1.807, 2.05) is 0 Å². The van der Waals surface area contributed by atoms with E-state index in [0.29, 0.717) is 22.0 Å². The first-order chi connectivity index (χ1) is 15.5. The van der Waals surface area contributed by atoms with Gasteiger partial charge in [-0.2, -0.15) is 0 Å². The second kappa shape index (κ2) is 10.7. The van der Waals surface area contributed by atoms with E-state index in [1.54, 1.807) is 18.2 Å². The fourth-order valence-electron chi connectivity index (χ4n) is 3.43. The maximum atomic E-state index is 12.4. The Hall–Kier alpha value is -2.34. The molecule has 1 aromatic rings. The molecule has 2 atom stereocenters. The molecule has 1 saturated carbocycles. The number of aliphatic hydroxyl groups excluding tert-OH is 1. The highest BCUT2D eigenvalue weighted by Gasteiger charge is 2.40. The van der Waals surface area contributed by atoms with Crippen LogP contribution in [-0.4, -0.2) is 54.7 Å². The van der Waals surface area contributed by atoms with Gasteiger partial charge in [0.05, 0.1) is 18.3 Å². The van der Waals surface area contributed by atoms with Crippen LogP contribution in [0.2, 0.25) is 5.02 Å². The van der Waals surface area contributed by atoms with Gasteiger partial charge in [-0.05, 0) is 18.2 Å². The maximum Gasteiger partial charge on any atom is 0.522 e. The van der Waals surface area contributed by atoms with Crippen molar-refractivity contribution < 1.29 is 42.1 Å². The Balaban J connectivity index is 1.30. The largest absolute Gasteiger partial charge is 0.522 e. The number of alkyl halides is 3. The highest BCUT2D eigenvalue weighted by Crippen LogP contribution is 2.36. The van der Waals surface area contributed by atoms with Crippen LogP contribution in [0.1, 0.15) is 37.4 Å². The van der Waals surface area contributed by atoms with Crippen molar-refractivity contribution in [2.75, 3.05) is 13.2 Å². The quantitative estimate of drug-likeness (QED) is 0.489. The first-order valence-corrected chi connectivity index (χ1v) is 10.6. The number of aliphatic hydroxyl groups is 1. The van der Waals surface area contributed by atoms with Gasteiger partial charge < -0.3 is 25.2 Å². The number of nitrogens with one attached hydrogen (secondary N) is 2. The molecule has 3 rings (SSSR count). The van der Waals surface area contributed by atoms with Crippen LogP contribution in [0.25, 0.3) is 0 Å². The monoisotopic (exact) mass is 492 g/mol. The number of fused-ring (bicyclic) bond motifs is 1. The fraction of sp³-hybridized carbons (Fsp3) is 0.524. The third-order valence-corrected chi connectivity index (χ3v) is 5.42. The van der Waals surface area contributed by atoms with Crippen molar-refractivity contribution in [3.05, 3.63) is 41.1 Å². The van der Waals surface area contributed by atoms with Gasteiger partial charge in [-0.15, -0.1) is 13.2 Å². The zero-order valence-corrected chi connectivity index (χ0v) is 18.2. The van der Waals surface area contributed by atoms with E-state index in [-0.39, 0.29) is 38.8 Å². The lowest BCUT2D eigenvalue weighted by Gasteiger charge is -2.34. The third kappa shape index (κ3) is 7.60. The predicted octanol–water partition coefficient (Wildman–Crippen LogP) is 2.74. The van der Waals surface area contributed by atoms with Gasteiger partial charge in [0.2, 0.25) is 5.91 Å². The maximum absolute atomic E-state index is 12.4. The number of carbonyl (C=O) groups is 2. The molecular weight excluding hydrogens is 469 g/mol. The number of rotatable bonds is 9. The first kappa shape index (κ1) is 25.3. The second-order valence-electron chi connectivity index (χ2n) is 7.82. The lowest BCUT2D eigenvalue weighted by Crippen LogP contribution is -2.42.